The molecule has 2 amide bonds. The Morgan fingerprint density at radius 3 is 2.40 bits per heavy atom. The third-order valence-corrected chi connectivity index (χ3v) is 5.93. The average molecular weight is 432 g/mol. The molecule has 0 saturated carbocycles. The van der Waals surface area contributed by atoms with Gasteiger partial charge in [0.2, 0.25) is 5.91 Å². The van der Waals surface area contributed by atoms with Gasteiger partial charge in [-0.25, -0.2) is 4.79 Å². The molecule has 2 rings (SSSR count). The molecule has 0 fully saturated rings. The lowest BCUT2D eigenvalue weighted by molar-refractivity contribution is -0.114. The first-order chi connectivity index (χ1) is 14.2. The number of carbonyl (C=O) groups is 3. The Labute approximate surface area is 181 Å². The van der Waals surface area contributed by atoms with E-state index in [0.717, 1.165) is 28.2 Å². The Morgan fingerprint density at radius 1 is 1.13 bits per heavy atom. The van der Waals surface area contributed by atoms with E-state index in [1.165, 1.54) is 7.05 Å². The van der Waals surface area contributed by atoms with Crippen molar-refractivity contribution in [1.82, 2.24) is 5.32 Å². The molecular weight excluding hydrogens is 402 g/mol. The van der Waals surface area contributed by atoms with Gasteiger partial charge < -0.3 is 20.3 Å². The number of hydrogen-bond donors (Lipinski definition) is 2. The van der Waals surface area contributed by atoms with E-state index < -0.39 is 5.97 Å². The molecule has 0 spiro atoms. The number of anilines is 2. The van der Waals surface area contributed by atoms with Crippen molar-refractivity contribution < 1.29 is 19.1 Å². The first kappa shape index (κ1) is 23.4. The molecule has 30 heavy (non-hydrogen) atoms. The molecule has 0 radical (unpaired) electrons. The molecule has 2 aromatic rings. The van der Waals surface area contributed by atoms with Crippen LogP contribution < -0.4 is 15.5 Å². The van der Waals surface area contributed by atoms with Gasteiger partial charge in [-0.1, -0.05) is 17.7 Å². The number of likely N-dealkylation sites (N-methyl/N-ethyl adjacent to an activating group) is 1. The molecule has 1 aromatic carbocycles. The number of thiophene rings is 1. The highest BCUT2D eigenvalue weighted by molar-refractivity contribution is 7.18. The van der Waals surface area contributed by atoms with Crippen LogP contribution in [0.5, 0.6) is 0 Å². The summed E-state index contributed by atoms with van der Waals surface area (Å²) in [5.41, 5.74) is 3.95. The van der Waals surface area contributed by atoms with E-state index in [4.69, 9.17) is 4.74 Å². The Hall–Kier alpha value is -2.87. The number of nitrogens with one attached hydrogen (secondary N) is 2. The van der Waals surface area contributed by atoms with Gasteiger partial charge in [-0.3, -0.25) is 9.59 Å². The van der Waals surface area contributed by atoms with Crippen molar-refractivity contribution >= 4 is 39.8 Å². The lowest BCUT2D eigenvalue weighted by Gasteiger charge is -2.24. The maximum atomic E-state index is 12.8. The van der Waals surface area contributed by atoms with Crippen LogP contribution in [0.4, 0.5) is 10.7 Å². The van der Waals surface area contributed by atoms with Crippen LogP contribution in [0.1, 0.15) is 50.6 Å². The van der Waals surface area contributed by atoms with Crippen molar-refractivity contribution in [2.45, 2.75) is 34.6 Å². The summed E-state index contributed by atoms with van der Waals surface area (Å²) >= 11 is 1.07. The molecule has 0 bridgehead atoms. The van der Waals surface area contributed by atoms with Crippen molar-refractivity contribution in [2.75, 3.05) is 37.0 Å². The van der Waals surface area contributed by atoms with Crippen molar-refractivity contribution in [2.24, 2.45) is 0 Å². The lowest BCUT2D eigenvalue weighted by atomic mass is 10.1. The van der Waals surface area contributed by atoms with Crippen molar-refractivity contribution in [3.05, 3.63) is 45.3 Å². The Bertz CT molecular complexity index is 952. The summed E-state index contributed by atoms with van der Waals surface area (Å²) in [6.07, 6.45) is 0. The Morgan fingerprint density at radius 2 is 1.83 bits per heavy atom. The molecule has 0 aliphatic carbocycles. The lowest BCUT2D eigenvalue weighted by Crippen LogP contribution is -2.33. The van der Waals surface area contributed by atoms with E-state index in [1.54, 1.807) is 13.8 Å². The topological polar surface area (TPSA) is 87.7 Å². The highest BCUT2D eigenvalue weighted by Crippen LogP contribution is 2.34. The van der Waals surface area contributed by atoms with Gasteiger partial charge in [0.1, 0.15) is 5.00 Å². The number of hydrogen-bond acceptors (Lipinski definition) is 6. The fraction of sp³-hybridized carbons (Fsp3) is 0.409. The van der Waals surface area contributed by atoms with Gasteiger partial charge in [-0.15, -0.1) is 11.3 Å². The first-order valence-electron chi connectivity index (χ1n) is 9.88. The number of amides is 2. The van der Waals surface area contributed by atoms with Gasteiger partial charge in [0.15, 0.2) is 0 Å². The number of rotatable bonds is 8. The molecule has 0 atom stereocenters. The number of aryl methyl sites for hydroxylation is 2. The summed E-state index contributed by atoms with van der Waals surface area (Å²) in [5, 5.41) is 5.70. The van der Waals surface area contributed by atoms with Crippen LogP contribution in [0.3, 0.4) is 0 Å². The molecular formula is C22H29N3O4S. The molecule has 0 unspecified atom stereocenters. The molecule has 8 heteroatoms. The second kappa shape index (κ2) is 10.2. The van der Waals surface area contributed by atoms with E-state index in [0.29, 0.717) is 22.0 Å². The summed E-state index contributed by atoms with van der Waals surface area (Å²) in [7, 11) is 1.52. The fourth-order valence-electron chi connectivity index (χ4n) is 3.25. The van der Waals surface area contributed by atoms with Crippen LogP contribution in [0.2, 0.25) is 0 Å². The van der Waals surface area contributed by atoms with Crippen LogP contribution in [-0.2, 0) is 9.53 Å². The summed E-state index contributed by atoms with van der Waals surface area (Å²) in [5.74, 6) is -1.14. The number of esters is 1. The minimum Gasteiger partial charge on any atom is -0.462 e. The normalized spacial score (nSPS) is 10.5. The Balaban J connectivity index is 2.30. The molecule has 2 N–H and O–H groups in total. The second-order valence-electron chi connectivity index (χ2n) is 6.91. The van der Waals surface area contributed by atoms with Gasteiger partial charge in [-0.05, 0) is 51.8 Å². The Kier molecular flexibility index (Phi) is 8.00. The minimum atomic E-state index is -0.557. The molecule has 162 valence electrons. The summed E-state index contributed by atoms with van der Waals surface area (Å²) < 4.78 is 5.13. The zero-order valence-corrected chi connectivity index (χ0v) is 19.2. The number of benzene rings is 1. The largest absolute Gasteiger partial charge is 0.462 e. The predicted molar refractivity (Wildman–Crippen MR) is 121 cm³/mol. The van der Waals surface area contributed by atoms with Crippen molar-refractivity contribution in [3.8, 4) is 0 Å². The predicted octanol–water partition coefficient (Wildman–Crippen LogP) is 3.67. The fourth-order valence-corrected chi connectivity index (χ4v) is 4.41. The van der Waals surface area contributed by atoms with Crippen LogP contribution in [0.25, 0.3) is 0 Å². The SMILES string of the molecule is CCOC(=O)c1c(NC(=O)CN(CC)c2ccc(C)cc2C)sc(C(=O)NC)c1C. The maximum absolute atomic E-state index is 12.8. The van der Waals surface area contributed by atoms with Gasteiger partial charge >= 0.3 is 5.97 Å². The van der Waals surface area contributed by atoms with Crippen molar-refractivity contribution in [1.29, 1.82) is 0 Å². The van der Waals surface area contributed by atoms with Crippen LogP contribution in [0.15, 0.2) is 18.2 Å². The van der Waals surface area contributed by atoms with E-state index in [-0.39, 0.29) is 30.5 Å². The molecule has 1 heterocycles. The third-order valence-electron chi connectivity index (χ3n) is 4.72. The standard InChI is InChI=1S/C22H29N3O4S/c1-7-25(16-10-9-13(3)11-14(16)4)12-17(26)24-21-18(22(28)29-8-2)15(5)19(30-21)20(27)23-6/h9-11H,7-8,12H2,1-6H3,(H,23,27)(H,24,26). The summed E-state index contributed by atoms with van der Waals surface area (Å²) in [4.78, 5) is 39.8. The van der Waals surface area contributed by atoms with Gasteiger partial charge in [-0.2, -0.15) is 0 Å². The first-order valence-corrected chi connectivity index (χ1v) is 10.7. The summed E-state index contributed by atoms with van der Waals surface area (Å²) in [6.45, 7) is 10.4. The van der Waals surface area contributed by atoms with E-state index in [9.17, 15) is 14.4 Å². The van der Waals surface area contributed by atoms with Gasteiger partial charge in [0, 0.05) is 19.3 Å². The third kappa shape index (κ3) is 5.18. The van der Waals surface area contributed by atoms with E-state index >= 15 is 0 Å². The maximum Gasteiger partial charge on any atom is 0.341 e. The average Bonchev–Trinajstić information content (AvgIpc) is 3.01. The molecule has 0 aliphatic heterocycles. The van der Waals surface area contributed by atoms with Gasteiger partial charge in [0.05, 0.1) is 23.6 Å². The summed E-state index contributed by atoms with van der Waals surface area (Å²) in [6, 6.07) is 6.09. The van der Waals surface area contributed by atoms with Crippen LogP contribution in [0, 0.1) is 20.8 Å². The zero-order chi connectivity index (χ0) is 22.4. The molecule has 0 saturated heterocycles. The molecule has 7 nitrogen and oxygen atoms in total. The minimum absolute atomic E-state index is 0.120. The highest BCUT2D eigenvalue weighted by Gasteiger charge is 2.26. The highest BCUT2D eigenvalue weighted by atomic mass is 32.1. The van der Waals surface area contributed by atoms with Crippen LogP contribution >= 0.6 is 11.3 Å². The van der Waals surface area contributed by atoms with E-state index in [2.05, 4.69) is 16.7 Å². The quantitative estimate of drug-likeness (QED) is 0.623. The second-order valence-corrected chi connectivity index (χ2v) is 7.93. The smallest absolute Gasteiger partial charge is 0.341 e. The van der Waals surface area contributed by atoms with E-state index in [1.807, 2.05) is 37.8 Å². The number of ether oxygens (including phenoxy) is 1. The van der Waals surface area contributed by atoms with Crippen LogP contribution in [-0.4, -0.2) is 44.5 Å². The number of carbonyl (C=O) groups excluding carboxylic acids is 3. The molecule has 0 aliphatic rings. The zero-order valence-electron chi connectivity index (χ0n) is 18.3. The molecule has 1 aromatic heterocycles. The number of nitrogens with zero attached hydrogens (tertiary/aromatic N) is 1. The van der Waals surface area contributed by atoms with Crippen molar-refractivity contribution in [3.63, 3.8) is 0 Å². The monoisotopic (exact) mass is 431 g/mol. The van der Waals surface area contributed by atoms with Gasteiger partial charge in [0.25, 0.3) is 5.91 Å².